The van der Waals surface area contributed by atoms with Crippen molar-refractivity contribution in [2.45, 2.75) is 38.3 Å². The van der Waals surface area contributed by atoms with E-state index in [-0.39, 0.29) is 6.10 Å². The van der Waals surface area contributed by atoms with Crippen molar-refractivity contribution in [1.29, 1.82) is 0 Å². The van der Waals surface area contributed by atoms with Gasteiger partial charge in [-0.2, -0.15) is 0 Å². The molecule has 0 spiro atoms. The average Bonchev–Trinajstić information content (AvgIpc) is 2.78. The molecule has 21 heavy (non-hydrogen) atoms. The minimum Gasteiger partial charge on any atom is -0.391 e. The fraction of sp³-hybridized carbons (Fsp3) is 0.733. The summed E-state index contributed by atoms with van der Waals surface area (Å²) in [6, 6.07) is 2.27. The fourth-order valence-electron chi connectivity index (χ4n) is 2.86. The number of hydrogen-bond acceptors (Lipinski definition) is 6. The first kappa shape index (κ1) is 16.0. The summed E-state index contributed by atoms with van der Waals surface area (Å²) in [7, 11) is 5.99. The molecule has 2 N–H and O–H groups in total. The zero-order chi connectivity index (χ0) is 15.4. The summed E-state index contributed by atoms with van der Waals surface area (Å²) in [6.07, 6.45) is 2.41. The maximum Gasteiger partial charge on any atom is 0.134 e. The minimum absolute atomic E-state index is 0.280. The lowest BCUT2D eigenvalue weighted by Gasteiger charge is -2.28. The van der Waals surface area contributed by atoms with Crippen LogP contribution >= 0.6 is 0 Å². The van der Waals surface area contributed by atoms with Gasteiger partial charge in [-0.3, -0.25) is 0 Å². The number of nitrogens with zero attached hydrogens (tertiary/aromatic N) is 4. The molecule has 0 radical (unpaired) electrons. The predicted molar refractivity (Wildman–Crippen MR) is 85.9 cm³/mol. The van der Waals surface area contributed by atoms with Gasteiger partial charge in [0.15, 0.2) is 0 Å². The Morgan fingerprint density at radius 1 is 1.43 bits per heavy atom. The maximum absolute atomic E-state index is 10.0. The van der Waals surface area contributed by atoms with E-state index in [9.17, 15) is 5.11 Å². The van der Waals surface area contributed by atoms with Crippen molar-refractivity contribution >= 4 is 11.6 Å². The summed E-state index contributed by atoms with van der Waals surface area (Å²) in [5, 5.41) is 13.1. The molecule has 2 rings (SSSR count). The number of aromatic nitrogens is 2. The summed E-state index contributed by atoms with van der Waals surface area (Å²) in [5.74, 6) is 2.62. The Bertz CT molecular complexity index is 465. The predicted octanol–water partition coefficient (Wildman–Crippen LogP) is 0.972. The molecule has 1 fully saturated rings. The lowest BCUT2D eigenvalue weighted by Crippen LogP contribution is -2.38. The molecule has 0 bridgehead atoms. The topological polar surface area (TPSA) is 64.5 Å². The van der Waals surface area contributed by atoms with E-state index in [1.165, 1.54) is 0 Å². The number of rotatable bonds is 6. The third-order valence-corrected chi connectivity index (χ3v) is 3.75. The molecule has 1 aliphatic rings. The SMILES string of the molecule is CCCc1nc(NC)cc(N2CC(O)CC2CN(C)C)n1. The molecule has 0 aromatic carbocycles. The average molecular weight is 293 g/mol. The molecule has 1 saturated heterocycles. The highest BCUT2D eigenvalue weighted by atomic mass is 16.3. The van der Waals surface area contributed by atoms with Gasteiger partial charge >= 0.3 is 0 Å². The second kappa shape index (κ2) is 7.04. The lowest BCUT2D eigenvalue weighted by molar-refractivity contribution is 0.191. The van der Waals surface area contributed by atoms with Crippen LogP contribution in [0.15, 0.2) is 6.07 Å². The van der Waals surface area contributed by atoms with Crippen LogP contribution in [0.4, 0.5) is 11.6 Å². The Balaban J connectivity index is 2.27. The Morgan fingerprint density at radius 2 is 2.19 bits per heavy atom. The summed E-state index contributed by atoms with van der Waals surface area (Å²) in [5.41, 5.74) is 0. The number of hydrogen-bond donors (Lipinski definition) is 2. The molecule has 0 saturated carbocycles. The van der Waals surface area contributed by atoms with Crippen LogP contribution in [0.25, 0.3) is 0 Å². The van der Waals surface area contributed by atoms with Gasteiger partial charge in [0.05, 0.1) is 6.10 Å². The van der Waals surface area contributed by atoms with Gasteiger partial charge in [-0.05, 0) is 26.9 Å². The van der Waals surface area contributed by atoms with E-state index >= 15 is 0 Å². The van der Waals surface area contributed by atoms with Gasteiger partial charge in [-0.15, -0.1) is 0 Å². The Morgan fingerprint density at radius 3 is 2.81 bits per heavy atom. The van der Waals surface area contributed by atoms with Gasteiger partial charge in [0.1, 0.15) is 17.5 Å². The Hall–Kier alpha value is -1.40. The van der Waals surface area contributed by atoms with Crippen molar-refractivity contribution in [3.8, 4) is 0 Å². The van der Waals surface area contributed by atoms with Crippen LogP contribution in [0.1, 0.15) is 25.6 Å². The van der Waals surface area contributed by atoms with Crippen LogP contribution < -0.4 is 10.2 Å². The van der Waals surface area contributed by atoms with Crippen molar-refractivity contribution in [3.63, 3.8) is 0 Å². The first-order valence-corrected chi connectivity index (χ1v) is 7.68. The van der Waals surface area contributed by atoms with E-state index in [0.29, 0.717) is 12.6 Å². The smallest absolute Gasteiger partial charge is 0.134 e. The highest BCUT2D eigenvalue weighted by Crippen LogP contribution is 2.26. The molecule has 6 heteroatoms. The van der Waals surface area contributed by atoms with Gasteiger partial charge in [0.2, 0.25) is 0 Å². The first-order chi connectivity index (χ1) is 10.0. The molecule has 1 aromatic heterocycles. The number of nitrogens with one attached hydrogen (secondary N) is 1. The van der Waals surface area contributed by atoms with Gasteiger partial charge in [0, 0.05) is 38.7 Å². The van der Waals surface area contributed by atoms with Crippen molar-refractivity contribution in [2.24, 2.45) is 0 Å². The van der Waals surface area contributed by atoms with Gasteiger partial charge in [0.25, 0.3) is 0 Å². The summed E-state index contributed by atoms with van der Waals surface area (Å²) in [6.45, 7) is 3.69. The van der Waals surface area contributed by atoms with Crippen molar-refractivity contribution in [3.05, 3.63) is 11.9 Å². The highest BCUT2D eigenvalue weighted by Gasteiger charge is 2.32. The van der Waals surface area contributed by atoms with E-state index in [2.05, 4.69) is 41.1 Å². The molecule has 2 heterocycles. The number of aliphatic hydroxyl groups excluding tert-OH is 1. The number of aryl methyl sites for hydroxylation is 1. The van der Waals surface area contributed by atoms with Crippen LogP contribution in [-0.4, -0.2) is 66.4 Å². The second-order valence-electron chi connectivity index (χ2n) is 5.99. The Labute approximate surface area is 127 Å². The molecular formula is C15H27N5O. The number of aliphatic hydroxyl groups is 1. The van der Waals surface area contributed by atoms with E-state index in [1.54, 1.807) is 0 Å². The molecule has 6 nitrogen and oxygen atoms in total. The van der Waals surface area contributed by atoms with Crippen LogP contribution in [0.5, 0.6) is 0 Å². The molecule has 118 valence electrons. The molecule has 1 aromatic rings. The normalized spacial score (nSPS) is 22.1. The molecule has 1 aliphatic heterocycles. The van der Waals surface area contributed by atoms with Crippen molar-refractivity contribution in [1.82, 2.24) is 14.9 Å². The molecule has 2 unspecified atom stereocenters. The van der Waals surface area contributed by atoms with E-state index in [1.807, 2.05) is 13.1 Å². The van der Waals surface area contributed by atoms with E-state index < -0.39 is 0 Å². The number of anilines is 2. The monoisotopic (exact) mass is 293 g/mol. The van der Waals surface area contributed by atoms with E-state index in [4.69, 9.17) is 4.98 Å². The van der Waals surface area contributed by atoms with Crippen LogP contribution in [0.2, 0.25) is 0 Å². The standard InChI is InChI=1S/C15H27N5O/c1-5-6-13-17-14(16-2)8-15(18-13)20-10-12(21)7-11(20)9-19(3)4/h8,11-12,21H,5-7,9-10H2,1-4H3,(H,16,17,18). The van der Waals surface area contributed by atoms with Gasteiger partial charge in [-0.25, -0.2) is 9.97 Å². The van der Waals surface area contributed by atoms with Gasteiger partial charge in [-0.1, -0.05) is 6.92 Å². The highest BCUT2D eigenvalue weighted by molar-refractivity contribution is 5.51. The minimum atomic E-state index is -0.280. The summed E-state index contributed by atoms with van der Waals surface area (Å²) in [4.78, 5) is 13.6. The zero-order valence-electron chi connectivity index (χ0n) is 13.5. The van der Waals surface area contributed by atoms with Crippen molar-refractivity contribution < 1.29 is 5.11 Å². The zero-order valence-corrected chi connectivity index (χ0v) is 13.5. The lowest BCUT2D eigenvalue weighted by atomic mass is 10.2. The van der Waals surface area contributed by atoms with Crippen molar-refractivity contribution in [2.75, 3.05) is 44.4 Å². The number of β-amino-alcohol motifs (C(OH)–C–C–N with tert-alkyl or cyclic N) is 1. The van der Waals surface area contributed by atoms with Gasteiger partial charge < -0.3 is 20.2 Å². The second-order valence-corrected chi connectivity index (χ2v) is 5.99. The molecule has 2 atom stereocenters. The third-order valence-electron chi connectivity index (χ3n) is 3.75. The first-order valence-electron chi connectivity index (χ1n) is 7.68. The van der Waals surface area contributed by atoms with Crippen LogP contribution in [-0.2, 0) is 6.42 Å². The van der Waals surface area contributed by atoms with Crippen LogP contribution in [0, 0.1) is 0 Å². The summed E-state index contributed by atoms with van der Waals surface area (Å²) >= 11 is 0. The molecular weight excluding hydrogens is 266 g/mol. The quantitative estimate of drug-likeness (QED) is 0.815. The third kappa shape index (κ3) is 4.04. The fourth-order valence-corrected chi connectivity index (χ4v) is 2.86. The molecule has 0 amide bonds. The van der Waals surface area contributed by atoms with Crippen LogP contribution in [0.3, 0.4) is 0 Å². The Kier molecular flexibility index (Phi) is 5.36. The largest absolute Gasteiger partial charge is 0.391 e. The summed E-state index contributed by atoms with van der Waals surface area (Å²) < 4.78 is 0. The van der Waals surface area contributed by atoms with E-state index in [0.717, 1.165) is 43.3 Å². The molecule has 0 aliphatic carbocycles. The maximum atomic E-state index is 10.0. The number of likely N-dealkylation sites (N-methyl/N-ethyl adjacent to an activating group) is 1.